The molecule has 2 rings (SSSR count). The van der Waals surface area contributed by atoms with Gasteiger partial charge in [-0.25, -0.2) is 10.3 Å². The first-order valence-corrected chi connectivity index (χ1v) is 6.21. The van der Waals surface area contributed by atoms with Crippen LogP contribution in [-0.2, 0) is 0 Å². The average molecular weight is 201 g/mol. The van der Waals surface area contributed by atoms with E-state index in [0.717, 1.165) is 18.4 Å². The van der Waals surface area contributed by atoms with E-state index in [9.17, 15) is 0 Å². The molecule has 13 heavy (non-hydrogen) atoms. The molecule has 1 aliphatic carbocycles. The van der Waals surface area contributed by atoms with E-state index in [2.05, 4.69) is 10.3 Å². The van der Waals surface area contributed by atoms with Crippen LogP contribution in [0.4, 0.5) is 0 Å². The van der Waals surface area contributed by atoms with Gasteiger partial charge >= 0.3 is 0 Å². The van der Waals surface area contributed by atoms with Crippen molar-refractivity contribution in [2.24, 2.45) is 17.6 Å². The Morgan fingerprint density at radius 3 is 2.54 bits per heavy atom. The fourth-order valence-corrected chi connectivity index (χ4v) is 3.22. The fourth-order valence-electron chi connectivity index (χ4n) is 2.37. The Bertz CT molecular complexity index is 151. The molecule has 4 heteroatoms. The van der Waals surface area contributed by atoms with E-state index in [1.807, 2.05) is 0 Å². The molecular formula is C9H19N3S. The number of hydrogen-bond donors (Lipinski definition) is 3. The lowest BCUT2D eigenvalue weighted by molar-refractivity contribution is 0.237. The van der Waals surface area contributed by atoms with Crippen molar-refractivity contribution in [1.82, 2.24) is 10.3 Å². The number of nitrogens with one attached hydrogen (secondary N) is 2. The van der Waals surface area contributed by atoms with E-state index in [4.69, 9.17) is 5.73 Å². The molecule has 0 bridgehead atoms. The molecule has 0 aromatic heterocycles. The third kappa shape index (κ3) is 2.37. The van der Waals surface area contributed by atoms with Crippen LogP contribution in [0.25, 0.3) is 0 Å². The summed E-state index contributed by atoms with van der Waals surface area (Å²) in [5, 5.41) is 0. The molecular weight excluding hydrogens is 182 g/mol. The van der Waals surface area contributed by atoms with Gasteiger partial charge in [0, 0.05) is 11.8 Å². The highest BCUT2D eigenvalue weighted by Gasteiger charge is 2.28. The van der Waals surface area contributed by atoms with Gasteiger partial charge in [-0.05, 0) is 44.1 Å². The molecule has 2 fully saturated rings. The lowest BCUT2D eigenvalue weighted by Gasteiger charge is -2.30. The smallest absolute Gasteiger partial charge is 0.0353 e. The number of rotatable bonds is 2. The summed E-state index contributed by atoms with van der Waals surface area (Å²) in [7, 11) is 0. The Labute approximate surface area is 84.3 Å². The van der Waals surface area contributed by atoms with Gasteiger partial charge in [0.1, 0.15) is 0 Å². The van der Waals surface area contributed by atoms with E-state index in [0.29, 0.717) is 6.04 Å². The summed E-state index contributed by atoms with van der Waals surface area (Å²) in [5.41, 5.74) is 9.01. The molecule has 1 saturated carbocycles. The molecule has 0 aromatic carbocycles. The highest BCUT2D eigenvalue weighted by atomic mass is 32.2. The van der Waals surface area contributed by atoms with Gasteiger partial charge in [-0.15, -0.1) is 0 Å². The van der Waals surface area contributed by atoms with Gasteiger partial charge in [0.05, 0.1) is 0 Å². The van der Waals surface area contributed by atoms with Crippen LogP contribution in [0.1, 0.15) is 25.7 Å². The van der Waals surface area contributed by atoms with Gasteiger partial charge in [-0.1, -0.05) is 11.9 Å². The first-order chi connectivity index (χ1) is 6.40. The summed E-state index contributed by atoms with van der Waals surface area (Å²) in [4.78, 5) is 3.14. The van der Waals surface area contributed by atoms with Crippen LogP contribution in [0.15, 0.2) is 0 Å². The van der Waals surface area contributed by atoms with Crippen LogP contribution in [0.5, 0.6) is 0 Å². The minimum Gasteiger partial charge on any atom is -0.330 e. The molecule has 1 heterocycles. The lowest BCUT2D eigenvalue weighted by Crippen LogP contribution is -2.38. The summed E-state index contributed by atoms with van der Waals surface area (Å²) >= 11 is 1.80. The molecule has 1 saturated heterocycles. The van der Waals surface area contributed by atoms with Crippen LogP contribution in [-0.4, -0.2) is 18.3 Å². The van der Waals surface area contributed by atoms with Crippen LogP contribution in [0.2, 0.25) is 0 Å². The molecule has 1 atom stereocenters. The maximum atomic E-state index is 5.67. The van der Waals surface area contributed by atoms with E-state index >= 15 is 0 Å². The standard InChI is InChI=1S/C9H19N3S/c10-5-7-1-3-8(4-2-7)9-6-13-12-11-9/h7-9,11-12H,1-6,10H2. The minimum absolute atomic E-state index is 0.698. The highest BCUT2D eigenvalue weighted by Crippen LogP contribution is 2.31. The Hall–Kier alpha value is 0.230. The zero-order chi connectivity index (χ0) is 9.10. The SMILES string of the molecule is NCC1CCC(C2CSNN2)CC1. The van der Waals surface area contributed by atoms with Crippen LogP contribution < -0.4 is 16.0 Å². The first kappa shape index (κ1) is 9.77. The highest BCUT2D eigenvalue weighted by molar-refractivity contribution is 7.97. The zero-order valence-corrected chi connectivity index (χ0v) is 8.78. The molecule has 0 amide bonds. The fraction of sp³-hybridized carbons (Fsp3) is 1.00. The molecule has 76 valence electrons. The van der Waals surface area contributed by atoms with Crippen molar-refractivity contribution in [1.29, 1.82) is 0 Å². The molecule has 0 spiro atoms. The summed E-state index contributed by atoms with van der Waals surface area (Å²) in [6.45, 7) is 0.887. The van der Waals surface area contributed by atoms with Crippen molar-refractivity contribution >= 4 is 11.9 Å². The topological polar surface area (TPSA) is 50.1 Å². The van der Waals surface area contributed by atoms with E-state index in [-0.39, 0.29) is 0 Å². The normalized spacial score (nSPS) is 40.8. The van der Waals surface area contributed by atoms with Crippen LogP contribution in [0, 0.1) is 11.8 Å². The molecule has 3 nitrogen and oxygen atoms in total. The van der Waals surface area contributed by atoms with Gasteiger partial charge in [0.2, 0.25) is 0 Å². The largest absolute Gasteiger partial charge is 0.330 e. The Morgan fingerprint density at radius 2 is 2.00 bits per heavy atom. The van der Waals surface area contributed by atoms with Crippen molar-refractivity contribution in [2.75, 3.05) is 12.3 Å². The summed E-state index contributed by atoms with van der Waals surface area (Å²) in [6, 6.07) is 0.698. The summed E-state index contributed by atoms with van der Waals surface area (Å²) in [6.07, 6.45) is 5.40. The van der Waals surface area contributed by atoms with Gasteiger partial charge in [-0.3, -0.25) is 0 Å². The van der Waals surface area contributed by atoms with Crippen LogP contribution in [0.3, 0.4) is 0 Å². The monoisotopic (exact) mass is 201 g/mol. The Morgan fingerprint density at radius 1 is 1.23 bits per heavy atom. The first-order valence-electron chi connectivity index (χ1n) is 5.22. The van der Waals surface area contributed by atoms with Gasteiger partial charge in [-0.2, -0.15) is 0 Å². The van der Waals surface area contributed by atoms with Crippen molar-refractivity contribution in [3.8, 4) is 0 Å². The maximum absolute atomic E-state index is 5.67. The van der Waals surface area contributed by atoms with Gasteiger partial charge in [0.15, 0.2) is 0 Å². The second-order valence-electron chi connectivity index (χ2n) is 4.18. The Balaban J connectivity index is 1.77. The minimum atomic E-state index is 0.698. The number of nitrogens with two attached hydrogens (primary N) is 1. The van der Waals surface area contributed by atoms with Gasteiger partial charge in [0.25, 0.3) is 0 Å². The van der Waals surface area contributed by atoms with Gasteiger partial charge < -0.3 is 5.73 Å². The molecule has 1 unspecified atom stereocenters. The quantitative estimate of drug-likeness (QED) is 0.580. The van der Waals surface area contributed by atoms with E-state index < -0.39 is 0 Å². The second-order valence-corrected chi connectivity index (χ2v) is 5.01. The van der Waals surface area contributed by atoms with E-state index in [1.54, 1.807) is 11.9 Å². The number of hydrazine groups is 1. The van der Waals surface area contributed by atoms with Crippen LogP contribution >= 0.6 is 11.9 Å². The summed E-state index contributed by atoms with van der Waals surface area (Å²) < 4.78 is 0. The molecule has 2 aliphatic rings. The van der Waals surface area contributed by atoms with E-state index in [1.165, 1.54) is 31.4 Å². The maximum Gasteiger partial charge on any atom is 0.0353 e. The Kier molecular flexibility index (Phi) is 3.49. The average Bonchev–Trinajstić information content (AvgIpc) is 2.71. The predicted octanol–water partition coefficient (Wildman–Crippen LogP) is 0.876. The molecule has 4 N–H and O–H groups in total. The molecule has 0 radical (unpaired) electrons. The van der Waals surface area contributed by atoms with Crippen molar-refractivity contribution in [3.05, 3.63) is 0 Å². The third-order valence-corrected chi connectivity index (χ3v) is 4.16. The second kappa shape index (κ2) is 4.64. The lowest BCUT2D eigenvalue weighted by atomic mass is 9.79. The van der Waals surface area contributed by atoms with Crippen molar-refractivity contribution < 1.29 is 0 Å². The van der Waals surface area contributed by atoms with Crippen molar-refractivity contribution in [3.63, 3.8) is 0 Å². The molecule has 1 aliphatic heterocycles. The predicted molar refractivity (Wildman–Crippen MR) is 57.0 cm³/mol. The zero-order valence-electron chi connectivity index (χ0n) is 7.96. The third-order valence-electron chi connectivity index (χ3n) is 3.37. The summed E-state index contributed by atoms with van der Waals surface area (Å²) in [5.74, 6) is 2.90. The van der Waals surface area contributed by atoms with Crippen molar-refractivity contribution in [2.45, 2.75) is 31.7 Å². The number of hydrogen-bond acceptors (Lipinski definition) is 4. The molecule has 0 aromatic rings.